The first-order chi connectivity index (χ1) is 8.79. The fourth-order valence-electron chi connectivity index (χ4n) is 3.04. The molecule has 3 rings (SSSR count). The van der Waals surface area contributed by atoms with Crippen molar-refractivity contribution in [3.8, 4) is 0 Å². The summed E-state index contributed by atoms with van der Waals surface area (Å²) in [6.45, 7) is 1.64. The van der Waals surface area contributed by atoms with E-state index in [4.69, 9.17) is 4.74 Å². The summed E-state index contributed by atoms with van der Waals surface area (Å²) in [6, 6.07) is 2.37. The van der Waals surface area contributed by atoms with Crippen molar-refractivity contribution in [1.82, 2.24) is 4.98 Å². The molecule has 0 amide bonds. The zero-order valence-corrected chi connectivity index (χ0v) is 11.8. The van der Waals surface area contributed by atoms with Gasteiger partial charge in [0.2, 0.25) is 0 Å². The number of hydrogen-bond acceptors (Lipinski definition) is 4. The molecule has 98 valence electrons. The van der Waals surface area contributed by atoms with Crippen LogP contribution in [0.3, 0.4) is 0 Å². The molecule has 1 aliphatic carbocycles. The van der Waals surface area contributed by atoms with Crippen molar-refractivity contribution < 1.29 is 9.84 Å². The monoisotopic (exact) mass is 312 g/mol. The highest BCUT2D eigenvalue weighted by Gasteiger charge is 2.37. The number of rotatable bonds is 2. The number of anilines is 1. The normalized spacial score (nSPS) is 27.3. The van der Waals surface area contributed by atoms with E-state index in [9.17, 15) is 5.11 Å². The molecule has 1 aromatic heterocycles. The van der Waals surface area contributed by atoms with Crippen molar-refractivity contribution >= 4 is 21.7 Å². The van der Waals surface area contributed by atoms with Crippen molar-refractivity contribution in [2.75, 3.05) is 18.1 Å². The maximum absolute atomic E-state index is 9.50. The van der Waals surface area contributed by atoms with E-state index in [0.717, 1.165) is 41.8 Å². The Morgan fingerprint density at radius 2 is 2.39 bits per heavy atom. The highest BCUT2D eigenvalue weighted by atomic mass is 79.9. The molecule has 1 N–H and O–H groups in total. The fraction of sp³-hybridized carbons (Fsp3) is 0.615. The van der Waals surface area contributed by atoms with Crippen LogP contribution in [-0.2, 0) is 11.3 Å². The lowest BCUT2D eigenvalue weighted by atomic mass is 10.1. The van der Waals surface area contributed by atoms with Gasteiger partial charge in [0.15, 0.2) is 0 Å². The quantitative estimate of drug-likeness (QED) is 0.908. The van der Waals surface area contributed by atoms with Crippen molar-refractivity contribution in [2.24, 2.45) is 0 Å². The van der Waals surface area contributed by atoms with Gasteiger partial charge in [0, 0.05) is 22.8 Å². The minimum absolute atomic E-state index is 0.0243. The maximum Gasteiger partial charge on any atom is 0.134 e. The maximum atomic E-state index is 9.50. The van der Waals surface area contributed by atoms with Crippen LogP contribution in [0.2, 0.25) is 0 Å². The van der Waals surface area contributed by atoms with Crippen molar-refractivity contribution in [2.45, 2.75) is 38.0 Å². The van der Waals surface area contributed by atoms with E-state index >= 15 is 0 Å². The van der Waals surface area contributed by atoms with Gasteiger partial charge in [0.05, 0.1) is 25.4 Å². The third-order valence-electron chi connectivity index (χ3n) is 3.83. The fourth-order valence-corrected chi connectivity index (χ4v) is 3.42. The molecule has 0 bridgehead atoms. The molecular weight excluding hydrogens is 296 g/mol. The Morgan fingerprint density at radius 3 is 3.22 bits per heavy atom. The molecule has 1 aromatic rings. The first-order valence-electron chi connectivity index (χ1n) is 6.43. The topological polar surface area (TPSA) is 45.6 Å². The largest absolute Gasteiger partial charge is 0.392 e. The molecule has 4 nitrogen and oxygen atoms in total. The number of pyridine rings is 1. The Balaban J connectivity index is 1.93. The van der Waals surface area contributed by atoms with Gasteiger partial charge in [0.1, 0.15) is 5.82 Å². The van der Waals surface area contributed by atoms with Crippen molar-refractivity contribution in [1.29, 1.82) is 0 Å². The minimum Gasteiger partial charge on any atom is -0.392 e. The first kappa shape index (κ1) is 12.4. The van der Waals surface area contributed by atoms with Crippen LogP contribution in [0.25, 0.3) is 0 Å². The van der Waals surface area contributed by atoms with Crippen LogP contribution in [0.5, 0.6) is 0 Å². The lowest BCUT2D eigenvalue weighted by Gasteiger charge is -2.39. The predicted molar refractivity (Wildman–Crippen MR) is 72.6 cm³/mol. The van der Waals surface area contributed by atoms with Gasteiger partial charge < -0.3 is 14.7 Å². The summed E-state index contributed by atoms with van der Waals surface area (Å²) in [5.41, 5.74) is 0.886. The number of hydrogen-bond donors (Lipinski definition) is 1. The van der Waals surface area contributed by atoms with E-state index in [-0.39, 0.29) is 6.61 Å². The second-order valence-electron chi connectivity index (χ2n) is 4.90. The van der Waals surface area contributed by atoms with Gasteiger partial charge in [-0.15, -0.1) is 0 Å². The highest BCUT2D eigenvalue weighted by Crippen LogP contribution is 2.34. The Labute approximate surface area is 115 Å². The Morgan fingerprint density at radius 1 is 1.50 bits per heavy atom. The van der Waals surface area contributed by atoms with Crippen LogP contribution in [0, 0.1) is 0 Å². The summed E-state index contributed by atoms with van der Waals surface area (Å²) in [4.78, 5) is 6.82. The molecule has 1 aliphatic heterocycles. The Kier molecular flexibility index (Phi) is 3.54. The summed E-state index contributed by atoms with van der Waals surface area (Å²) in [5.74, 6) is 0.918. The lowest BCUT2D eigenvalue weighted by molar-refractivity contribution is 0.0251. The molecule has 1 saturated heterocycles. The van der Waals surface area contributed by atoms with Gasteiger partial charge in [-0.25, -0.2) is 4.98 Å². The Hall–Kier alpha value is -0.650. The molecule has 0 radical (unpaired) electrons. The number of ether oxygens (including phenoxy) is 1. The van der Waals surface area contributed by atoms with Crippen LogP contribution in [0.4, 0.5) is 5.82 Å². The predicted octanol–water partition coefficient (Wildman–Crippen LogP) is 2.09. The first-order valence-corrected chi connectivity index (χ1v) is 7.22. The molecule has 18 heavy (non-hydrogen) atoms. The number of aliphatic hydroxyl groups excluding tert-OH is 1. The molecule has 5 heteroatoms. The summed E-state index contributed by atoms with van der Waals surface area (Å²) in [5, 5.41) is 9.50. The molecule has 2 aliphatic rings. The number of aliphatic hydroxyl groups is 1. The van der Waals surface area contributed by atoms with Gasteiger partial charge in [-0.2, -0.15) is 0 Å². The van der Waals surface area contributed by atoms with Gasteiger partial charge in [-0.1, -0.05) is 0 Å². The standard InChI is InChI=1S/C13H17BrN2O2/c14-10-6-9(8-17)13(15-7-10)16-4-5-18-12-3-1-2-11(12)16/h6-7,11-12,17H,1-5,8H2. The van der Waals surface area contributed by atoms with Crippen LogP contribution in [-0.4, -0.2) is 35.4 Å². The molecule has 2 heterocycles. The van der Waals surface area contributed by atoms with Gasteiger partial charge in [-0.3, -0.25) is 0 Å². The van der Waals surface area contributed by atoms with Gasteiger partial charge in [-0.05, 0) is 41.3 Å². The molecule has 2 unspecified atom stereocenters. The number of nitrogens with zero attached hydrogens (tertiary/aromatic N) is 2. The van der Waals surface area contributed by atoms with E-state index in [2.05, 4.69) is 25.8 Å². The van der Waals surface area contributed by atoms with Gasteiger partial charge in [0.25, 0.3) is 0 Å². The summed E-state index contributed by atoms with van der Waals surface area (Å²) in [6.07, 6.45) is 5.67. The molecular formula is C13H17BrN2O2. The van der Waals surface area contributed by atoms with E-state index in [1.165, 1.54) is 6.42 Å². The van der Waals surface area contributed by atoms with E-state index < -0.39 is 0 Å². The SMILES string of the molecule is OCc1cc(Br)cnc1N1CCOC2CCCC21. The number of aromatic nitrogens is 1. The van der Waals surface area contributed by atoms with Gasteiger partial charge >= 0.3 is 0 Å². The number of fused-ring (bicyclic) bond motifs is 1. The molecule has 1 saturated carbocycles. The molecule has 0 spiro atoms. The second kappa shape index (κ2) is 5.15. The summed E-state index contributed by atoms with van der Waals surface area (Å²) >= 11 is 3.40. The average molecular weight is 313 g/mol. The van der Waals surface area contributed by atoms with E-state index in [1.54, 1.807) is 6.20 Å². The van der Waals surface area contributed by atoms with Crippen LogP contribution >= 0.6 is 15.9 Å². The third kappa shape index (κ3) is 2.15. The average Bonchev–Trinajstić information content (AvgIpc) is 2.86. The summed E-state index contributed by atoms with van der Waals surface area (Å²) in [7, 11) is 0. The smallest absolute Gasteiger partial charge is 0.134 e. The Bertz CT molecular complexity index is 441. The highest BCUT2D eigenvalue weighted by molar-refractivity contribution is 9.10. The van der Waals surface area contributed by atoms with Crippen molar-refractivity contribution in [3.05, 3.63) is 22.3 Å². The van der Waals surface area contributed by atoms with Crippen LogP contribution in [0.1, 0.15) is 24.8 Å². The zero-order valence-electron chi connectivity index (χ0n) is 10.2. The number of morpholine rings is 1. The second-order valence-corrected chi connectivity index (χ2v) is 5.81. The van der Waals surface area contributed by atoms with Crippen molar-refractivity contribution in [3.63, 3.8) is 0 Å². The van der Waals surface area contributed by atoms with Crippen LogP contribution in [0.15, 0.2) is 16.7 Å². The van der Waals surface area contributed by atoms with E-state index in [0.29, 0.717) is 12.1 Å². The third-order valence-corrected chi connectivity index (χ3v) is 4.27. The lowest BCUT2D eigenvalue weighted by Crippen LogP contribution is -2.49. The zero-order chi connectivity index (χ0) is 12.5. The van der Waals surface area contributed by atoms with E-state index in [1.807, 2.05) is 6.07 Å². The minimum atomic E-state index is 0.0243. The molecule has 2 fully saturated rings. The van der Waals surface area contributed by atoms with Crippen LogP contribution < -0.4 is 4.90 Å². The molecule has 2 atom stereocenters. The molecule has 0 aromatic carbocycles. The summed E-state index contributed by atoms with van der Waals surface area (Å²) < 4.78 is 6.72. The number of halogens is 1.